The number of anilines is 1. The summed E-state index contributed by atoms with van der Waals surface area (Å²) in [5.74, 6) is 1.39. The van der Waals surface area contributed by atoms with Crippen LogP contribution >= 0.6 is 0 Å². The zero-order valence-electron chi connectivity index (χ0n) is 14.1. The summed E-state index contributed by atoms with van der Waals surface area (Å²) in [5.41, 5.74) is 0.727. The molecule has 2 aliphatic heterocycles. The predicted octanol–water partition coefficient (Wildman–Crippen LogP) is 3.09. The van der Waals surface area contributed by atoms with Gasteiger partial charge in [0, 0.05) is 43.3 Å². The van der Waals surface area contributed by atoms with Crippen LogP contribution in [0.1, 0.15) is 25.7 Å². The Hall–Kier alpha value is -2.70. The molecule has 0 saturated carbocycles. The Balaban J connectivity index is 1.40. The molecule has 0 bridgehead atoms. The summed E-state index contributed by atoms with van der Waals surface area (Å²) in [6.45, 7) is 1.85. The van der Waals surface area contributed by atoms with Gasteiger partial charge in [-0.3, -0.25) is 4.68 Å². The van der Waals surface area contributed by atoms with Gasteiger partial charge in [0.1, 0.15) is 0 Å². The van der Waals surface area contributed by atoms with Crippen LogP contribution in [-0.2, 0) is 6.54 Å². The van der Waals surface area contributed by atoms with E-state index in [-0.39, 0.29) is 18.9 Å². The van der Waals surface area contributed by atoms with E-state index in [2.05, 4.69) is 10.4 Å². The number of piperidine rings is 1. The fraction of sp³-hybridized carbons (Fsp3) is 0.444. The molecule has 2 aromatic rings. The van der Waals surface area contributed by atoms with Crippen molar-refractivity contribution < 1.29 is 14.3 Å². The van der Waals surface area contributed by atoms with Gasteiger partial charge in [0.25, 0.3) is 0 Å². The Kier molecular flexibility index (Phi) is 4.45. The lowest BCUT2D eigenvalue weighted by atomic mass is 10.00. The minimum atomic E-state index is -0.0518. The molecule has 1 aromatic heterocycles. The molecule has 7 nitrogen and oxygen atoms in total. The van der Waals surface area contributed by atoms with Gasteiger partial charge in [-0.1, -0.05) is 0 Å². The van der Waals surface area contributed by atoms with Crippen LogP contribution < -0.4 is 14.8 Å². The fourth-order valence-electron chi connectivity index (χ4n) is 3.45. The minimum Gasteiger partial charge on any atom is -0.454 e. The maximum absolute atomic E-state index is 12.8. The van der Waals surface area contributed by atoms with E-state index in [9.17, 15) is 4.79 Å². The highest BCUT2D eigenvalue weighted by molar-refractivity contribution is 5.90. The van der Waals surface area contributed by atoms with Gasteiger partial charge in [0.05, 0.1) is 0 Å². The van der Waals surface area contributed by atoms with E-state index < -0.39 is 0 Å². The number of carbonyl (C=O) groups excluding carboxylic acids is 1. The van der Waals surface area contributed by atoms with Gasteiger partial charge in [-0.25, -0.2) is 4.79 Å². The highest BCUT2D eigenvalue weighted by atomic mass is 16.7. The summed E-state index contributed by atoms with van der Waals surface area (Å²) in [7, 11) is 0. The molecule has 4 rings (SSSR count). The molecule has 0 aliphatic carbocycles. The molecule has 1 atom stereocenters. The van der Waals surface area contributed by atoms with E-state index in [1.54, 1.807) is 6.20 Å². The van der Waals surface area contributed by atoms with Crippen molar-refractivity contribution in [2.75, 3.05) is 18.7 Å². The van der Waals surface area contributed by atoms with Gasteiger partial charge in [-0.15, -0.1) is 0 Å². The van der Waals surface area contributed by atoms with Gasteiger partial charge in [-0.2, -0.15) is 5.10 Å². The average molecular weight is 342 g/mol. The third kappa shape index (κ3) is 3.55. The number of benzene rings is 1. The largest absolute Gasteiger partial charge is 0.454 e. The van der Waals surface area contributed by atoms with E-state index in [0.717, 1.165) is 44.5 Å². The number of amides is 2. The van der Waals surface area contributed by atoms with E-state index in [4.69, 9.17) is 9.47 Å². The number of nitrogens with zero attached hydrogens (tertiary/aromatic N) is 3. The number of hydrogen-bond donors (Lipinski definition) is 1. The van der Waals surface area contributed by atoms with Crippen LogP contribution in [0.25, 0.3) is 0 Å². The molecule has 132 valence electrons. The number of carbonyl (C=O) groups is 1. The number of hydrogen-bond acceptors (Lipinski definition) is 4. The lowest BCUT2D eigenvalue weighted by Gasteiger charge is -2.35. The second-order valence-electron chi connectivity index (χ2n) is 6.40. The number of rotatable bonds is 4. The molecular weight excluding hydrogens is 320 g/mol. The average Bonchev–Trinajstić information content (AvgIpc) is 3.31. The van der Waals surface area contributed by atoms with Crippen LogP contribution in [0.2, 0.25) is 0 Å². The summed E-state index contributed by atoms with van der Waals surface area (Å²) in [6.07, 6.45) is 7.90. The monoisotopic (exact) mass is 342 g/mol. The van der Waals surface area contributed by atoms with Crippen molar-refractivity contribution in [1.29, 1.82) is 0 Å². The van der Waals surface area contributed by atoms with Gasteiger partial charge in [-0.05, 0) is 43.9 Å². The number of urea groups is 1. The molecule has 2 aliphatic rings. The van der Waals surface area contributed by atoms with Crippen molar-refractivity contribution in [1.82, 2.24) is 14.7 Å². The van der Waals surface area contributed by atoms with Crippen molar-refractivity contribution in [2.24, 2.45) is 0 Å². The maximum atomic E-state index is 12.8. The Morgan fingerprint density at radius 1 is 1.28 bits per heavy atom. The second-order valence-corrected chi connectivity index (χ2v) is 6.40. The van der Waals surface area contributed by atoms with Crippen LogP contribution in [0.15, 0.2) is 36.7 Å². The van der Waals surface area contributed by atoms with Crippen molar-refractivity contribution in [3.63, 3.8) is 0 Å². The molecule has 2 amide bonds. The highest BCUT2D eigenvalue weighted by Gasteiger charge is 2.27. The normalized spacial score (nSPS) is 19.0. The molecule has 0 radical (unpaired) electrons. The van der Waals surface area contributed by atoms with Crippen molar-refractivity contribution >= 4 is 11.7 Å². The van der Waals surface area contributed by atoms with Crippen LogP contribution in [-0.4, -0.2) is 40.1 Å². The first-order chi connectivity index (χ1) is 12.3. The van der Waals surface area contributed by atoms with Gasteiger partial charge < -0.3 is 19.7 Å². The van der Waals surface area contributed by atoms with Gasteiger partial charge >= 0.3 is 6.03 Å². The molecule has 1 saturated heterocycles. The highest BCUT2D eigenvalue weighted by Crippen LogP contribution is 2.34. The zero-order valence-corrected chi connectivity index (χ0v) is 14.1. The van der Waals surface area contributed by atoms with Crippen LogP contribution in [0.3, 0.4) is 0 Å². The lowest BCUT2D eigenvalue weighted by molar-refractivity contribution is 0.154. The molecule has 1 fully saturated rings. The predicted molar refractivity (Wildman–Crippen MR) is 92.8 cm³/mol. The smallest absolute Gasteiger partial charge is 0.322 e. The maximum Gasteiger partial charge on any atom is 0.322 e. The first-order valence-electron chi connectivity index (χ1n) is 8.74. The minimum absolute atomic E-state index is 0.0518. The number of likely N-dealkylation sites (tertiary alicyclic amines) is 1. The zero-order chi connectivity index (χ0) is 17.1. The molecule has 0 unspecified atom stereocenters. The topological polar surface area (TPSA) is 68.6 Å². The van der Waals surface area contributed by atoms with Crippen molar-refractivity contribution in [3.05, 3.63) is 36.7 Å². The van der Waals surface area contributed by atoms with E-state index >= 15 is 0 Å². The number of fused-ring (bicyclic) bond motifs is 1. The molecular formula is C18H22N4O3. The number of nitrogens with one attached hydrogen (secondary N) is 1. The van der Waals surface area contributed by atoms with Crippen molar-refractivity contribution in [2.45, 2.75) is 38.3 Å². The van der Waals surface area contributed by atoms with Crippen LogP contribution in [0.4, 0.5) is 10.5 Å². The third-order valence-electron chi connectivity index (χ3n) is 4.76. The van der Waals surface area contributed by atoms with Crippen LogP contribution in [0.5, 0.6) is 11.5 Å². The molecule has 25 heavy (non-hydrogen) atoms. The Bertz CT molecular complexity index is 732. The second kappa shape index (κ2) is 7.04. The SMILES string of the molecule is O=C(Nc1ccc2c(c1)OCO2)N1CCCC[C@H]1CCn1cccn1. The van der Waals surface area contributed by atoms with E-state index in [1.165, 1.54) is 0 Å². The first-order valence-corrected chi connectivity index (χ1v) is 8.74. The number of aryl methyl sites for hydroxylation is 1. The molecule has 0 spiro atoms. The summed E-state index contributed by atoms with van der Waals surface area (Å²) in [5, 5.41) is 7.24. The Labute approximate surface area is 146 Å². The first kappa shape index (κ1) is 15.8. The summed E-state index contributed by atoms with van der Waals surface area (Å²) >= 11 is 0. The molecule has 7 heteroatoms. The number of ether oxygens (including phenoxy) is 2. The van der Waals surface area contributed by atoms with Crippen LogP contribution in [0, 0.1) is 0 Å². The molecule has 1 aromatic carbocycles. The Morgan fingerprint density at radius 2 is 2.20 bits per heavy atom. The summed E-state index contributed by atoms with van der Waals surface area (Å²) < 4.78 is 12.6. The quantitative estimate of drug-likeness (QED) is 0.927. The van der Waals surface area contributed by atoms with E-state index in [1.807, 2.05) is 40.0 Å². The standard InChI is InChI=1S/C18H22N4O3/c23-18(20-14-5-6-16-17(12-14)25-13-24-16)22-10-2-1-4-15(22)7-11-21-9-3-8-19-21/h3,5-6,8-9,12,15H,1-2,4,7,10-11,13H2,(H,20,23)/t15-/m0/s1. The summed E-state index contributed by atoms with van der Waals surface area (Å²) in [4.78, 5) is 14.7. The van der Waals surface area contributed by atoms with E-state index in [0.29, 0.717) is 11.5 Å². The number of aromatic nitrogens is 2. The van der Waals surface area contributed by atoms with Gasteiger partial charge in [0.15, 0.2) is 11.5 Å². The fourth-order valence-corrected chi connectivity index (χ4v) is 3.45. The molecule has 1 N–H and O–H groups in total. The third-order valence-corrected chi connectivity index (χ3v) is 4.76. The lowest BCUT2D eigenvalue weighted by Crippen LogP contribution is -2.46. The Morgan fingerprint density at radius 3 is 3.08 bits per heavy atom. The molecule has 3 heterocycles. The summed E-state index contributed by atoms with van der Waals surface area (Å²) in [6, 6.07) is 7.58. The van der Waals surface area contributed by atoms with Gasteiger partial charge in [0.2, 0.25) is 6.79 Å². The van der Waals surface area contributed by atoms with Crippen molar-refractivity contribution in [3.8, 4) is 11.5 Å².